The molecule has 0 saturated carbocycles. The van der Waals surface area contributed by atoms with Crippen molar-refractivity contribution < 1.29 is 0 Å². The second kappa shape index (κ2) is 8.06. The van der Waals surface area contributed by atoms with Crippen LogP contribution in [-0.2, 0) is 13.1 Å². The molecule has 0 atom stereocenters. The summed E-state index contributed by atoms with van der Waals surface area (Å²) < 4.78 is 1.97. The fraction of sp³-hybridized carbons (Fsp3) is 0.588. The minimum Gasteiger partial charge on any atom is -0.341 e. The predicted molar refractivity (Wildman–Crippen MR) is 91.3 cm³/mol. The van der Waals surface area contributed by atoms with E-state index in [0.717, 1.165) is 45.2 Å². The molecule has 0 aromatic carbocycles. The summed E-state index contributed by atoms with van der Waals surface area (Å²) in [4.78, 5) is 13.8. The first-order valence-electron chi connectivity index (χ1n) is 8.61. The maximum absolute atomic E-state index is 4.57. The van der Waals surface area contributed by atoms with Gasteiger partial charge in [0.15, 0.2) is 0 Å². The molecule has 6 heteroatoms. The van der Waals surface area contributed by atoms with Crippen LogP contribution in [0.4, 0.5) is 5.95 Å². The lowest BCUT2D eigenvalue weighted by Crippen LogP contribution is -2.31. The molecule has 2 aromatic rings. The van der Waals surface area contributed by atoms with E-state index in [9.17, 15) is 0 Å². The summed E-state index contributed by atoms with van der Waals surface area (Å²) in [5.74, 6) is 0.882. The van der Waals surface area contributed by atoms with Crippen molar-refractivity contribution >= 4 is 5.95 Å². The highest BCUT2D eigenvalue weighted by atomic mass is 15.3. The van der Waals surface area contributed by atoms with E-state index in [1.807, 2.05) is 35.5 Å². The minimum absolute atomic E-state index is 0.882. The fourth-order valence-electron chi connectivity index (χ4n) is 2.97. The van der Waals surface area contributed by atoms with E-state index in [1.165, 1.54) is 24.8 Å². The van der Waals surface area contributed by atoms with E-state index >= 15 is 0 Å². The van der Waals surface area contributed by atoms with E-state index in [1.54, 1.807) is 0 Å². The Bertz CT molecular complexity index is 559. The van der Waals surface area contributed by atoms with Gasteiger partial charge in [-0.25, -0.2) is 9.97 Å². The molecule has 0 radical (unpaired) electrons. The Morgan fingerprint density at radius 2 is 1.91 bits per heavy atom. The predicted octanol–water partition coefficient (Wildman–Crippen LogP) is 2.19. The van der Waals surface area contributed by atoms with Crippen LogP contribution < -0.4 is 4.90 Å². The Morgan fingerprint density at radius 3 is 2.57 bits per heavy atom. The average Bonchev–Trinajstić information content (AvgIpc) is 3.13. The highest BCUT2D eigenvalue weighted by molar-refractivity contribution is 5.30. The Kier molecular flexibility index (Phi) is 5.58. The van der Waals surface area contributed by atoms with E-state index < -0.39 is 0 Å². The van der Waals surface area contributed by atoms with Gasteiger partial charge in [-0.3, -0.25) is 9.58 Å². The van der Waals surface area contributed by atoms with Gasteiger partial charge in [0.05, 0.1) is 6.54 Å². The number of hydrogen-bond donors (Lipinski definition) is 0. The lowest BCUT2D eigenvalue weighted by Gasteiger charge is -2.26. The van der Waals surface area contributed by atoms with Gasteiger partial charge in [0.1, 0.15) is 0 Å². The van der Waals surface area contributed by atoms with Gasteiger partial charge < -0.3 is 4.90 Å². The smallest absolute Gasteiger partial charge is 0.225 e. The number of hydrogen-bond acceptors (Lipinski definition) is 5. The molecule has 0 spiro atoms. The van der Waals surface area contributed by atoms with Crippen molar-refractivity contribution in [2.75, 3.05) is 31.1 Å². The molecule has 3 heterocycles. The molecule has 1 aliphatic rings. The van der Waals surface area contributed by atoms with Crippen molar-refractivity contribution in [3.8, 4) is 0 Å². The van der Waals surface area contributed by atoms with Gasteiger partial charge in [0, 0.05) is 56.5 Å². The van der Waals surface area contributed by atoms with Crippen LogP contribution in [0.25, 0.3) is 0 Å². The molecule has 0 bridgehead atoms. The number of aromatic nitrogens is 4. The Labute approximate surface area is 138 Å². The van der Waals surface area contributed by atoms with Crippen molar-refractivity contribution in [3.63, 3.8) is 0 Å². The molecule has 0 aliphatic carbocycles. The summed E-state index contributed by atoms with van der Waals surface area (Å²) in [6.07, 6.45) is 11.6. The first-order valence-corrected chi connectivity index (χ1v) is 8.61. The van der Waals surface area contributed by atoms with Crippen LogP contribution in [0.2, 0.25) is 0 Å². The standard InChI is InChI=1S/C17H26N6/c1-2-21(11-12-23-10-6-7-20-23)15-16-13-18-17(19-14-16)22-8-4-3-5-9-22/h6-7,10,13-14H,2-5,8-9,11-12,15H2,1H3. The molecule has 1 aliphatic heterocycles. The van der Waals surface area contributed by atoms with Crippen molar-refractivity contribution in [1.29, 1.82) is 0 Å². The Morgan fingerprint density at radius 1 is 1.13 bits per heavy atom. The average molecular weight is 314 g/mol. The summed E-state index contributed by atoms with van der Waals surface area (Å²) in [6.45, 7) is 8.15. The van der Waals surface area contributed by atoms with Crippen LogP contribution in [0, 0.1) is 0 Å². The van der Waals surface area contributed by atoms with E-state index in [0.29, 0.717) is 0 Å². The normalized spacial score (nSPS) is 15.3. The lowest BCUT2D eigenvalue weighted by atomic mass is 10.1. The number of likely N-dealkylation sites (N-methyl/N-ethyl adjacent to an activating group) is 1. The number of nitrogens with zero attached hydrogens (tertiary/aromatic N) is 6. The largest absolute Gasteiger partial charge is 0.341 e. The maximum atomic E-state index is 4.57. The number of anilines is 1. The molecule has 2 aromatic heterocycles. The van der Waals surface area contributed by atoms with Gasteiger partial charge in [0.25, 0.3) is 0 Å². The zero-order chi connectivity index (χ0) is 15.9. The van der Waals surface area contributed by atoms with Crippen molar-refractivity contribution in [2.24, 2.45) is 0 Å². The van der Waals surface area contributed by atoms with Gasteiger partial charge in [-0.2, -0.15) is 5.10 Å². The lowest BCUT2D eigenvalue weighted by molar-refractivity contribution is 0.263. The van der Waals surface area contributed by atoms with Crippen LogP contribution in [0.15, 0.2) is 30.9 Å². The second-order valence-corrected chi connectivity index (χ2v) is 6.08. The summed E-state index contributed by atoms with van der Waals surface area (Å²) in [7, 11) is 0. The molecule has 0 N–H and O–H groups in total. The number of piperidine rings is 1. The molecule has 6 nitrogen and oxygen atoms in total. The van der Waals surface area contributed by atoms with Crippen molar-refractivity contribution in [1.82, 2.24) is 24.6 Å². The van der Waals surface area contributed by atoms with Gasteiger partial charge in [0.2, 0.25) is 5.95 Å². The quantitative estimate of drug-likeness (QED) is 0.784. The van der Waals surface area contributed by atoms with Gasteiger partial charge in [-0.05, 0) is 31.9 Å². The highest BCUT2D eigenvalue weighted by Crippen LogP contribution is 2.15. The molecule has 0 amide bonds. The Balaban J connectivity index is 1.53. The fourth-order valence-corrected chi connectivity index (χ4v) is 2.97. The monoisotopic (exact) mass is 314 g/mol. The van der Waals surface area contributed by atoms with E-state index in [4.69, 9.17) is 0 Å². The van der Waals surface area contributed by atoms with E-state index in [2.05, 4.69) is 31.8 Å². The van der Waals surface area contributed by atoms with Crippen LogP contribution in [-0.4, -0.2) is 50.8 Å². The molecule has 1 saturated heterocycles. The summed E-state index contributed by atoms with van der Waals surface area (Å²) in [5.41, 5.74) is 1.17. The highest BCUT2D eigenvalue weighted by Gasteiger charge is 2.13. The minimum atomic E-state index is 0.882. The third kappa shape index (κ3) is 4.51. The maximum Gasteiger partial charge on any atom is 0.225 e. The van der Waals surface area contributed by atoms with Crippen LogP contribution in [0.5, 0.6) is 0 Å². The molecule has 0 unspecified atom stereocenters. The first-order chi connectivity index (χ1) is 11.3. The number of rotatable bonds is 7. The summed E-state index contributed by atoms with van der Waals surface area (Å²) in [5, 5.41) is 4.25. The molecule has 124 valence electrons. The zero-order valence-corrected chi connectivity index (χ0v) is 13.9. The third-order valence-corrected chi connectivity index (χ3v) is 4.39. The summed E-state index contributed by atoms with van der Waals surface area (Å²) >= 11 is 0. The zero-order valence-electron chi connectivity index (χ0n) is 13.9. The molecule has 1 fully saturated rings. The third-order valence-electron chi connectivity index (χ3n) is 4.39. The summed E-state index contributed by atoms with van der Waals surface area (Å²) in [6, 6.07) is 1.96. The van der Waals surface area contributed by atoms with Gasteiger partial charge in [-0.15, -0.1) is 0 Å². The van der Waals surface area contributed by atoms with Crippen molar-refractivity contribution in [3.05, 3.63) is 36.4 Å². The second-order valence-electron chi connectivity index (χ2n) is 6.08. The molecule has 3 rings (SSSR count). The molecular weight excluding hydrogens is 288 g/mol. The van der Waals surface area contributed by atoms with Gasteiger partial charge in [-0.1, -0.05) is 6.92 Å². The SMILES string of the molecule is CCN(CCn1cccn1)Cc1cnc(N2CCCCC2)nc1. The Hall–Kier alpha value is -1.95. The van der Waals surface area contributed by atoms with Crippen molar-refractivity contribution in [2.45, 2.75) is 39.3 Å². The van der Waals surface area contributed by atoms with Crippen LogP contribution in [0.1, 0.15) is 31.7 Å². The topological polar surface area (TPSA) is 50.1 Å². The molecule has 23 heavy (non-hydrogen) atoms. The van der Waals surface area contributed by atoms with Gasteiger partial charge >= 0.3 is 0 Å². The van der Waals surface area contributed by atoms with E-state index in [-0.39, 0.29) is 0 Å². The van der Waals surface area contributed by atoms with Crippen LogP contribution >= 0.6 is 0 Å². The molecular formula is C17H26N6. The van der Waals surface area contributed by atoms with Crippen LogP contribution in [0.3, 0.4) is 0 Å². The first kappa shape index (κ1) is 15.9.